The van der Waals surface area contributed by atoms with Crippen molar-refractivity contribution in [1.82, 2.24) is 10.3 Å². The lowest BCUT2D eigenvalue weighted by Gasteiger charge is -2.10. The number of thiazole rings is 1. The van der Waals surface area contributed by atoms with Gasteiger partial charge < -0.3 is 10.1 Å². The molecular formula is C8H12N2O2S. The predicted octanol–water partition coefficient (Wildman–Crippen LogP) is 0.885. The second-order valence-electron chi connectivity index (χ2n) is 2.54. The van der Waals surface area contributed by atoms with E-state index < -0.39 is 6.04 Å². The van der Waals surface area contributed by atoms with Gasteiger partial charge in [-0.25, -0.2) is 9.78 Å². The summed E-state index contributed by atoms with van der Waals surface area (Å²) in [4.78, 5) is 15.4. The molecule has 0 saturated heterocycles. The fraction of sp³-hybridized carbons (Fsp3) is 0.500. The summed E-state index contributed by atoms with van der Waals surface area (Å²) in [6.07, 6.45) is 0. The van der Waals surface area contributed by atoms with Crippen LogP contribution in [0.15, 0.2) is 5.38 Å². The Bertz CT molecular complexity index is 298. The SMILES string of the molecule is CNC(C(=O)OC)c1csc(C)n1. The molecule has 4 nitrogen and oxygen atoms in total. The molecule has 0 aliphatic rings. The maximum absolute atomic E-state index is 11.2. The number of ether oxygens (including phenoxy) is 1. The molecule has 1 aromatic heterocycles. The molecule has 0 aliphatic heterocycles. The predicted molar refractivity (Wildman–Crippen MR) is 50.7 cm³/mol. The van der Waals surface area contributed by atoms with Crippen molar-refractivity contribution in [2.24, 2.45) is 0 Å². The Morgan fingerprint density at radius 2 is 2.46 bits per heavy atom. The Kier molecular flexibility index (Phi) is 3.39. The maximum atomic E-state index is 11.2. The van der Waals surface area contributed by atoms with Gasteiger partial charge in [0.1, 0.15) is 6.04 Å². The van der Waals surface area contributed by atoms with Crippen molar-refractivity contribution >= 4 is 17.3 Å². The fourth-order valence-electron chi connectivity index (χ4n) is 1.02. The van der Waals surface area contributed by atoms with Gasteiger partial charge >= 0.3 is 5.97 Å². The van der Waals surface area contributed by atoms with Gasteiger partial charge in [0.2, 0.25) is 0 Å². The molecule has 0 bridgehead atoms. The lowest BCUT2D eigenvalue weighted by Crippen LogP contribution is -2.26. The molecule has 1 rings (SSSR count). The first kappa shape index (κ1) is 10.1. The Morgan fingerprint density at radius 1 is 1.77 bits per heavy atom. The van der Waals surface area contributed by atoms with Crippen LogP contribution in [0.1, 0.15) is 16.7 Å². The molecule has 1 heterocycles. The van der Waals surface area contributed by atoms with E-state index in [-0.39, 0.29) is 5.97 Å². The Morgan fingerprint density at radius 3 is 2.85 bits per heavy atom. The number of aryl methyl sites for hydroxylation is 1. The first-order valence-corrected chi connectivity index (χ1v) is 4.74. The van der Waals surface area contributed by atoms with Crippen LogP contribution in [0.2, 0.25) is 0 Å². The number of rotatable bonds is 3. The molecule has 0 saturated carbocycles. The maximum Gasteiger partial charge on any atom is 0.329 e. The molecule has 0 spiro atoms. The molecular weight excluding hydrogens is 188 g/mol. The highest BCUT2D eigenvalue weighted by atomic mass is 32.1. The fourth-order valence-corrected chi connectivity index (χ4v) is 1.66. The summed E-state index contributed by atoms with van der Waals surface area (Å²) < 4.78 is 4.63. The van der Waals surface area contributed by atoms with Crippen LogP contribution in [-0.2, 0) is 9.53 Å². The van der Waals surface area contributed by atoms with Crippen LogP contribution in [0, 0.1) is 6.92 Å². The molecule has 5 heteroatoms. The average molecular weight is 200 g/mol. The van der Waals surface area contributed by atoms with E-state index in [9.17, 15) is 4.79 Å². The number of carbonyl (C=O) groups excluding carboxylic acids is 1. The quantitative estimate of drug-likeness (QED) is 0.736. The second-order valence-corrected chi connectivity index (χ2v) is 3.60. The van der Waals surface area contributed by atoms with Gasteiger partial charge in [0, 0.05) is 5.38 Å². The average Bonchev–Trinajstić information content (AvgIpc) is 2.53. The van der Waals surface area contributed by atoms with Crippen molar-refractivity contribution in [3.8, 4) is 0 Å². The van der Waals surface area contributed by atoms with E-state index in [2.05, 4.69) is 15.0 Å². The number of nitrogens with zero attached hydrogens (tertiary/aromatic N) is 1. The number of carbonyl (C=O) groups is 1. The van der Waals surface area contributed by atoms with Gasteiger partial charge in [-0.3, -0.25) is 0 Å². The van der Waals surface area contributed by atoms with Crippen molar-refractivity contribution in [3.05, 3.63) is 16.1 Å². The second kappa shape index (κ2) is 4.34. The Hall–Kier alpha value is -0.940. The zero-order valence-corrected chi connectivity index (χ0v) is 8.64. The first-order valence-electron chi connectivity index (χ1n) is 3.86. The Labute approximate surface area is 80.9 Å². The topological polar surface area (TPSA) is 51.2 Å². The largest absolute Gasteiger partial charge is 0.468 e. The third-order valence-corrected chi connectivity index (χ3v) is 2.45. The van der Waals surface area contributed by atoms with Crippen molar-refractivity contribution < 1.29 is 9.53 Å². The molecule has 0 aliphatic carbocycles. The van der Waals surface area contributed by atoms with Gasteiger partial charge in [0.25, 0.3) is 0 Å². The van der Waals surface area contributed by atoms with E-state index in [1.807, 2.05) is 12.3 Å². The normalized spacial score (nSPS) is 12.5. The van der Waals surface area contributed by atoms with E-state index in [1.165, 1.54) is 18.4 Å². The molecule has 1 aromatic rings. The number of methoxy groups -OCH3 is 1. The molecule has 1 unspecified atom stereocenters. The van der Waals surface area contributed by atoms with Gasteiger partial charge in [-0.1, -0.05) is 0 Å². The molecule has 0 radical (unpaired) electrons. The third kappa shape index (κ3) is 2.26. The number of hydrogen-bond acceptors (Lipinski definition) is 5. The lowest BCUT2D eigenvalue weighted by molar-refractivity contribution is -0.143. The number of hydrogen-bond donors (Lipinski definition) is 1. The van der Waals surface area contributed by atoms with Crippen LogP contribution < -0.4 is 5.32 Å². The van der Waals surface area contributed by atoms with Crippen LogP contribution in [0.5, 0.6) is 0 Å². The highest BCUT2D eigenvalue weighted by Crippen LogP contribution is 2.16. The molecule has 13 heavy (non-hydrogen) atoms. The zero-order valence-electron chi connectivity index (χ0n) is 7.83. The number of likely N-dealkylation sites (N-methyl/N-ethyl adjacent to an activating group) is 1. The van der Waals surface area contributed by atoms with Crippen LogP contribution in [-0.4, -0.2) is 25.1 Å². The van der Waals surface area contributed by atoms with E-state index >= 15 is 0 Å². The van der Waals surface area contributed by atoms with Crippen LogP contribution >= 0.6 is 11.3 Å². The molecule has 72 valence electrons. The van der Waals surface area contributed by atoms with Gasteiger partial charge in [0.05, 0.1) is 17.8 Å². The van der Waals surface area contributed by atoms with Crippen LogP contribution in [0.25, 0.3) is 0 Å². The third-order valence-electron chi connectivity index (χ3n) is 1.66. The van der Waals surface area contributed by atoms with Crippen molar-refractivity contribution in [3.63, 3.8) is 0 Å². The molecule has 0 fully saturated rings. The van der Waals surface area contributed by atoms with Crippen LogP contribution in [0.4, 0.5) is 0 Å². The van der Waals surface area contributed by atoms with Crippen molar-refractivity contribution in [2.75, 3.05) is 14.2 Å². The Balaban J connectivity index is 2.84. The monoisotopic (exact) mass is 200 g/mol. The van der Waals surface area contributed by atoms with Gasteiger partial charge in [-0.05, 0) is 14.0 Å². The number of esters is 1. The van der Waals surface area contributed by atoms with E-state index in [0.29, 0.717) is 0 Å². The van der Waals surface area contributed by atoms with Crippen molar-refractivity contribution in [2.45, 2.75) is 13.0 Å². The highest BCUT2D eigenvalue weighted by molar-refractivity contribution is 7.09. The summed E-state index contributed by atoms with van der Waals surface area (Å²) in [6, 6.07) is -0.449. The van der Waals surface area contributed by atoms with E-state index in [0.717, 1.165) is 10.7 Å². The molecule has 0 aromatic carbocycles. The van der Waals surface area contributed by atoms with Crippen molar-refractivity contribution in [1.29, 1.82) is 0 Å². The minimum absolute atomic E-state index is 0.312. The molecule has 1 N–H and O–H groups in total. The van der Waals surface area contributed by atoms with Gasteiger partial charge in [-0.15, -0.1) is 11.3 Å². The summed E-state index contributed by atoms with van der Waals surface area (Å²) in [7, 11) is 3.07. The summed E-state index contributed by atoms with van der Waals surface area (Å²) >= 11 is 1.52. The highest BCUT2D eigenvalue weighted by Gasteiger charge is 2.21. The minimum Gasteiger partial charge on any atom is -0.468 e. The number of aromatic nitrogens is 1. The standard InChI is InChI=1S/C8H12N2O2S/c1-5-10-6(4-13-5)7(9-2)8(11)12-3/h4,7,9H,1-3H3. The minimum atomic E-state index is -0.449. The zero-order chi connectivity index (χ0) is 9.84. The summed E-state index contributed by atoms with van der Waals surface area (Å²) in [5.41, 5.74) is 0.719. The molecule has 0 amide bonds. The van der Waals surface area contributed by atoms with Crippen LogP contribution in [0.3, 0.4) is 0 Å². The summed E-state index contributed by atoms with van der Waals surface area (Å²) in [6.45, 7) is 1.90. The summed E-state index contributed by atoms with van der Waals surface area (Å²) in [5.74, 6) is -0.312. The molecule has 1 atom stereocenters. The lowest BCUT2D eigenvalue weighted by atomic mass is 10.2. The smallest absolute Gasteiger partial charge is 0.329 e. The van der Waals surface area contributed by atoms with E-state index in [1.54, 1.807) is 7.05 Å². The number of nitrogens with one attached hydrogen (secondary N) is 1. The van der Waals surface area contributed by atoms with Gasteiger partial charge in [-0.2, -0.15) is 0 Å². The van der Waals surface area contributed by atoms with Gasteiger partial charge in [0.15, 0.2) is 0 Å². The first-order chi connectivity index (χ1) is 6.19. The van der Waals surface area contributed by atoms with E-state index in [4.69, 9.17) is 0 Å². The summed E-state index contributed by atoms with van der Waals surface area (Å²) in [5, 5.41) is 5.65.